The molecule has 1 aliphatic rings. The van der Waals surface area contributed by atoms with E-state index in [0.29, 0.717) is 30.3 Å². The van der Waals surface area contributed by atoms with E-state index in [9.17, 15) is 9.18 Å². The van der Waals surface area contributed by atoms with Crippen molar-refractivity contribution >= 4 is 22.7 Å². The SMILES string of the molecule is C[N+]#Cc1cn(CCOc2ccc(C3c4[nH]c5ccc(C)cc5c4CCCC3CC(=O)Oc3ccc(F)cc3)cc2)nc1N. The summed E-state index contributed by atoms with van der Waals surface area (Å²) in [5, 5.41) is 5.53. The van der Waals surface area contributed by atoms with Crippen molar-refractivity contribution in [2.24, 2.45) is 5.92 Å². The fraction of sp³-hybridized carbons (Fsp3) is 0.286. The van der Waals surface area contributed by atoms with Gasteiger partial charge in [0.1, 0.15) is 23.9 Å². The van der Waals surface area contributed by atoms with Crippen LogP contribution in [0.5, 0.6) is 11.5 Å². The molecule has 0 amide bonds. The first-order valence-electron chi connectivity index (χ1n) is 14.9. The maximum Gasteiger partial charge on any atom is 0.316 e. The van der Waals surface area contributed by atoms with Gasteiger partial charge in [-0.25, -0.2) is 4.39 Å². The first kappa shape index (κ1) is 29.0. The Morgan fingerprint density at radius 1 is 1.14 bits per heavy atom. The van der Waals surface area contributed by atoms with Crippen molar-refractivity contribution in [3.63, 3.8) is 0 Å². The third-order valence-electron chi connectivity index (χ3n) is 8.20. The monoisotopic (exact) mass is 592 g/mol. The Labute approximate surface area is 255 Å². The van der Waals surface area contributed by atoms with E-state index in [4.69, 9.17) is 15.2 Å². The van der Waals surface area contributed by atoms with Crippen LogP contribution in [0.25, 0.3) is 15.7 Å². The van der Waals surface area contributed by atoms with Crippen LogP contribution in [0.2, 0.25) is 0 Å². The van der Waals surface area contributed by atoms with E-state index in [-0.39, 0.29) is 30.0 Å². The van der Waals surface area contributed by atoms with E-state index in [2.05, 4.69) is 58.3 Å². The predicted octanol–water partition coefficient (Wildman–Crippen LogP) is 6.86. The summed E-state index contributed by atoms with van der Waals surface area (Å²) in [6.45, 7) is 3.05. The Morgan fingerprint density at radius 3 is 2.68 bits per heavy atom. The first-order valence-corrected chi connectivity index (χ1v) is 14.9. The number of ether oxygens (including phenoxy) is 2. The van der Waals surface area contributed by atoms with Crippen molar-refractivity contribution in [1.29, 1.82) is 0 Å². The summed E-state index contributed by atoms with van der Waals surface area (Å²) < 4.78 is 26.8. The Bertz CT molecular complexity index is 1850. The lowest BCUT2D eigenvalue weighted by atomic mass is 9.80. The highest BCUT2D eigenvalue weighted by atomic mass is 19.1. The number of nitrogens with two attached hydrogens (primary N) is 1. The number of aromatic amines is 1. The van der Waals surface area contributed by atoms with Crippen LogP contribution in [-0.2, 0) is 17.8 Å². The number of H-pyrrole nitrogens is 1. The number of nitrogen functional groups attached to an aromatic ring is 1. The van der Waals surface area contributed by atoms with Crippen LogP contribution in [-0.4, -0.2) is 34.4 Å². The topological polar surface area (TPSA) is 99.5 Å². The maximum atomic E-state index is 13.4. The maximum absolute atomic E-state index is 13.4. The van der Waals surface area contributed by atoms with Crippen molar-refractivity contribution in [2.45, 2.75) is 45.1 Å². The van der Waals surface area contributed by atoms with Gasteiger partial charge < -0.3 is 20.2 Å². The highest BCUT2D eigenvalue weighted by Gasteiger charge is 2.33. The van der Waals surface area contributed by atoms with Gasteiger partial charge in [-0.1, -0.05) is 28.6 Å². The summed E-state index contributed by atoms with van der Waals surface area (Å²) >= 11 is 0. The normalized spacial score (nSPS) is 16.1. The van der Waals surface area contributed by atoms with E-state index < -0.39 is 0 Å². The van der Waals surface area contributed by atoms with Crippen LogP contribution >= 0.6 is 0 Å². The molecule has 224 valence electrons. The van der Waals surface area contributed by atoms with Crippen LogP contribution < -0.4 is 15.2 Å². The summed E-state index contributed by atoms with van der Waals surface area (Å²) in [5.74, 6) is 0.728. The van der Waals surface area contributed by atoms with Crippen molar-refractivity contribution in [1.82, 2.24) is 14.8 Å². The standard InChI is InChI=1S/C35H35FN5O3/c1-22-6-15-31-30(18-22)29-5-3-4-24(19-32(42)44-28-13-9-26(36)10-14-28)33(34(29)39-31)23-7-11-27(12-8-23)43-17-16-41-21-25(20-38-2)35(37)40-41/h6-15,18,21,24,33,39H,3-5,16-17,19H2,1-2H3,(H2,37,40)/q+1. The fourth-order valence-corrected chi connectivity index (χ4v) is 6.19. The van der Waals surface area contributed by atoms with Crippen LogP contribution in [0.4, 0.5) is 10.2 Å². The lowest BCUT2D eigenvalue weighted by Gasteiger charge is -2.26. The van der Waals surface area contributed by atoms with Gasteiger partial charge in [0.25, 0.3) is 7.05 Å². The van der Waals surface area contributed by atoms with E-state index in [0.717, 1.165) is 41.8 Å². The van der Waals surface area contributed by atoms with Crippen LogP contribution in [0, 0.1) is 24.7 Å². The predicted molar refractivity (Wildman–Crippen MR) is 169 cm³/mol. The number of carbonyl (C=O) groups is 1. The summed E-state index contributed by atoms with van der Waals surface area (Å²) in [7, 11) is 1.64. The highest BCUT2D eigenvalue weighted by Crippen LogP contribution is 2.44. The van der Waals surface area contributed by atoms with Gasteiger partial charge in [-0.15, -0.1) is 0 Å². The summed E-state index contributed by atoms with van der Waals surface area (Å²) in [6, 6.07) is 23.0. The van der Waals surface area contributed by atoms with Crippen molar-refractivity contribution in [2.75, 3.05) is 19.4 Å². The highest BCUT2D eigenvalue weighted by molar-refractivity contribution is 5.86. The van der Waals surface area contributed by atoms with Crippen molar-refractivity contribution in [3.8, 4) is 17.6 Å². The molecule has 5 aromatic rings. The molecule has 0 spiro atoms. The van der Waals surface area contributed by atoms with E-state index in [1.54, 1.807) is 17.9 Å². The third kappa shape index (κ3) is 6.30. The zero-order valence-electron chi connectivity index (χ0n) is 24.8. The molecule has 0 aliphatic heterocycles. The minimum absolute atomic E-state index is 0.00746. The number of aromatic nitrogens is 3. The van der Waals surface area contributed by atoms with Gasteiger partial charge in [-0.2, -0.15) is 5.10 Å². The molecule has 2 heterocycles. The number of nitrogens with zero attached hydrogens (tertiary/aromatic N) is 3. The molecule has 0 radical (unpaired) electrons. The van der Waals surface area contributed by atoms with Crippen LogP contribution in [0.1, 0.15) is 53.1 Å². The fourth-order valence-electron chi connectivity index (χ4n) is 6.19. The van der Waals surface area contributed by atoms with Crippen molar-refractivity contribution in [3.05, 3.63) is 112 Å². The molecule has 6 rings (SSSR count). The molecular weight excluding hydrogens is 557 g/mol. The molecule has 0 saturated carbocycles. The number of rotatable bonds is 8. The lowest BCUT2D eigenvalue weighted by molar-refractivity contribution is -0.135. The average molecular weight is 593 g/mol. The molecule has 0 saturated heterocycles. The number of aryl methyl sites for hydroxylation is 2. The molecule has 44 heavy (non-hydrogen) atoms. The Morgan fingerprint density at radius 2 is 1.91 bits per heavy atom. The number of carbonyl (C=O) groups excluding carboxylic acids is 1. The van der Waals surface area contributed by atoms with Gasteiger partial charge in [-0.05, 0) is 91.8 Å². The van der Waals surface area contributed by atoms with Gasteiger partial charge >= 0.3 is 12.0 Å². The van der Waals surface area contributed by atoms with Crippen LogP contribution in [0.3, 0.4) is 0 Å². The zero-order chi connectivity index (χ0) is 30.6. The summed E-state index contributed by atoms with van der Waals surface area (Å²) in [4.78, 5) is 20.8. The van der Waals surface area contributed by atoms with Crippen molar-refractivity contribution < 1.29 is 18.7 Å². The second kappa shape index (κ2) is 12.6. The first-order chi connectivity index (χ1) is 21.4. The number of nitrogens with one attached hydrogen (secondary N) is 1. The number of fused-ring (bicyclic) bond motifs is 3. The van der Waals surface area contributed by atoms with E-state index in [1.165, 1.54) is 40.8 Å². The molecule has 2 atom stereocenters. The summed E-state index contributed by atoms with van der Waals surface area (Å²) in [6.07, 6.45) is 4.79. The smallest absolute Gasteiger partial charge is 0.316 e. The Hall–Kier alpha value is -5.10. The number of hydrogen-bond acceptors (Lipinski definition) is 5. The van der Waals surface area contributed by atoms with E-state index in [1.807, 2.05) is 12.1 Å². The molecule has 8 nitrogen and oxygen atoms in total. The number of esters is 1. The second-order valence-corrected chi connectivity index (χ2v) is 11.3. The minimum Gasteiger partial charge on any atom is -0.492 e. The Kier molecular flexibility index (Phi) is 8.33. The third-order valence-corrected chi connectivity index (χ3v) is 8.20. The minimum atomic E-state index is -0.372. The van der Waals surface area contributed by atoms with E-state index >= 15 is 0 Å². The zero-order valence-corrected chi connectivity index (χ0v) is 24.8. The molecule has 3 N–H and O–H groups in total. The lowest BCUT2D eigenvalue weighted by Crippen LogP contribution is -2.21. The molecule has 3 aromatic carbocycles. The quantitative estimate of drug-likeness (QED) is 0.116. The number of benzene rings is 3. The van der Waals surface area contributed by atoms with Gasteiger partial charge in [0.15, 0.2) is 11.4 Å². The number of anilines is 1. The van der Waals surface area contributed by atoms with Crippen LogP contribution in [0.15, 0.2) is 72.9 Å². The van der Waals surface area contributed by atoms with Gasteiger partial charge in [0, 0.05) is 35.1 Å². The summed E-state index contributed by atoms with van der Waals surface area (Å²) in [5.41, 5.74) is 12.5. The number of halogens is 1. The average Bonchev–Trinajstić information content (AvgIpc) is 3.47. The molecule has 1 aliphatic carbocycles. The van der Waals surface area contributed by atoms with Gasteiger partial charge in [0.2, 0.25) is 0 Å². The van der Waals surface area contributed by atoms with Gasteiger partial charge in [0.05, 0.1) is 6.54 Å². The van der Waals surface area contributed by atoms with Gasteiger partial charge in [-0.3, -0.25) is 9.48 Å². The molecule has 2 aromatic heterocycles. The second-order valence-electron chi connectivity index (χ2n) is 11.3. The number of hydrogen-bond donors (Lipinski definition) is 2. The molecular formula is C35H35FN5O3+. The molecule has 0 bridgehead atoms. The molecule has 9 heteroatoms. The largest absolute Gasteiger partial charge is 0.492 e. The Balaban J connectivity index is 1.24. The molecule has 0 fully saturated rings. The molecule has 2 unspecified atom stereocenters.